The number of esters is 2. The van der Waals surface area contributed by atoms with Crippen molar-refractivity contribution < 1.29 is 42.9 Å². The number of likely N-dealkylation sites (N-methyl/N-ethyl adjacent to an activating group) is 1. The van der Waals surface area contributed by atoms with Gasteiger partial charge in [-0.15, -0.1) is 0 Å². The molecule has 0 saturated heterocycles. The van der Waals surface area contributed by atoms with Crippen molar-refractivity contribution in [1.29, 1.82) is 0 Å². The highest BCUT2D eigenvalue weighted by atomic mass is 16.7. The Balaban J connectivity index is 4.19. The summed E-state index contributed by atoms with van der Waals surface area (Å²) in [5.41, 5.74) is 0. The lowest BCUT2D eigenvalue weighted by molar-refractivity contribution is -0.870. The van der Waals surface area contributed by atoms with E-state index >= 15 is 0 Å². The van der Waals surface area contributed by atoms with Crippen LogP contribution in [0.4, 0.5) is 0 Å². The van der Waals surface area contributed by atoms with Gasteiger partial charge in [0.25, 0.3) is 6.29 Å². The van der Waals surface area contributed by atoms with E-state index in [-0.39, 0.29) is 32.7 Å². The third-order valence-corrected chi connectivity index (χ3v) is 12.1. The molecule has 0 aromatic carbocycles. The van der Waals surface area contributed by atoms with E-state index in [1.807, 2.05) is 21.1 Å². The minimum atomic E-state index is -1.53. The van der Waals surface area contributed by atoms with Crippen molar-refractivity contribution in [2.24, 2.45) is 0 Å². The van der Waals surface area contributed by atoms with Gasteiger partial charge in [-0.1, -0.05) is 224 Å². The SMILES string of the molecule is CC/C=C\C/C=C\C/C=C\C/C=C\C/C=C\C/C=C\C/C=C\C/C=C\CCCCCCCCCCCCCCC(=O)OC(COC(=O)CCCC/C=C\C/C=C\C/C=C\C/C=C\CC)COC(OCC[N+](C)(C)C)C(=O)O. The number of carbonyl (C=O) groups excluding carboxylic acids is 2. The number of hydrogen-bond acceptors (Lipinski definition) is 7. The van der Waals surface area contributed by atoms with E-state index in [9.17, 15) is 19.5 Å². The van der Waals surface area contributed by atoms with Crippen LogP contribution in [0.15, 0.2) is 146 Å². The normalized spacial score (nSPS) is 13.8. The van der Waals surface area contributed by atoms with Crippen molar-refractivity contribution in [3.63, 3.8) is 0 Å². The minimum Gasteiger partial charge on any atom is -0.477 e. The van der Waals surface area contributed by atoms with Crippen molar-refractivity contribution in [1.82, 2.24) is 0 Å². The van der Waals surface area contributed by atoms with Crippen LogP contribution in [-0.2, 0) is 33.3 Å². The molecule has 2 unspecified atom stereocenters. The van der Waals surface area contributed by atoms with Crippen LogP contribution in [0.2, 0.25) is 0 Å². The van der Waals surface area contributed by atoms with Crippen LogP contribution in [0.1, 0.15) is 206 Å². The summed E-state index contributed by atoms with van der Waals surface area (Å²) in [6.07, 6.45) is 80.9. The highest BCUT2D eigenvalue weighted by Crippen LogP contribution is 2.15. The fourth-order valence-corrected chi connectivity index (χ4v) is 7.55. The molecule has 434 valence electrons. The third kappa shape index (κ3) is 58.7. The largest absolute Gasteiger partial charge is 0.477 e. The first-order valence-corrected chi connectivity index (χ1v) is 30.0. The number of aliphatic carboxylic acids is 1. The molecule has 9 nitrogen and oxygen atoms in total. The van der Waals surface area contributed by atoms with Crippen molar-refractivity contribution >= 4 is 17.9 Å². The van der Waals surface area contributed by atoms with E-state index in [0.717, 1.165) is 109 Å². The molecule has 0 spiro atoms. The van der Waals surface area contributed by atoms with Gasteiger partial charge >= 0.3 is 17.9 Å². The summed E-state index contributed by atoms with van der Waals surface area (Å²) in [5.74, 6) is -2.08. The van der Waals surface area contributed by atoms with E-state index in [1.54, 1.807) is 0 Å². The van der Waals surface area contributed by atoms with Gasteiger partial charge in [-0.3, -0.25) is 9.59 Å². The molecule has 1 N–H and O–H groups in total. The molecule has 0 aromatic rings. The van der Waals surface area contributed by atoms with Crippen molar-refractivity contribution in [2.75, 3.05) is 47.5 Å². The number of rotatable bonds is 53. The van der Waals surface area contributed by atoms with Crippen LogP contribution in [0.25, 0.3) is 0 Å². The molecule has 77 heavy (non-hydrogen) atoms. The van der Waals surface area contributed by atoms with Crippen LogP contribution in [-0.4, -0.2) is 87.4 Å². The lowest BCUT2D eigenvalue weighted by atomic mass is 10.0. The van der Waals surface area contributed by atoms with Gasteiger partial charge in [-0.25, -0.2) is 4.79 Å². The first-order valence-electron chi connectivity index (χ1n) is 30.0. The van der Waals surface area contributed by atoms with Crippen LogP contribution in [0.3, 0.4) is 0 Å². The Morgan fingerprint density at radius 1 is 0.390 bits per heavy atom. The Hall–Kier alpha value is -4.83. The fraction of sp³-hybridized carbons (Fsp3) is 0.603. The summed E-state index contributed by atoms with van der Waals surface area (Å²) in [5, 5.41) is 9.69. The summed E-state index contributed by atoms with van der Waals surface area (Å²) >= 11 is 0. The predicted octanol–water partition coefficient (Wildman–Crippen LogP) is 18.0. The van der Waals surface area contributed by atoms with Gasteiger partial charge in [0.15, 0.2) is 6.10 Å². The number of carboxylic acid groups (broad SMARTS) is 1. The number of hydrogen-bond donors (Lipinski definition) is 1. The smallest absolute Gasteiger partial charge is 0.361 e. The summed E-state index contributed by atoms with van der Waals surface area (Å²) in [6.45, 7) is 4.57. The highest BCUT2D eigenvalue weighted by molar-refractivity contribution is 5.71. The Morgan fingerprint density at radius 3 is 1.06 bits per heavy atom. The molecule has 0 fully saturated rings. The van der Waals surface area contributed by atoms with Gasteiger partial charge < -0.3 is 28.5 Å². The first kappa shape index (κ1) is 72.2. The van der Waals surface area contributed by atoms with Gasteiger partial charge in [0, 0.05) is 12.8 Å². The summed E-state index contributed by atoms with van der Waals surface area (Å²) < 4.78 is 22.8. The van der Waals surface area contributed by atoms with Gasteiger partial charge in [0.05, 0.1) is 34.4 Å². The number of quaternary nitrogens is 1. The zero-order valence-corrected chi connectivity index (χ0v) is 49.3. The van der Waals surface area contributed by atoms with Crippen LogP contribution in [0.5, 0.6) is 0 Å². The third-order valence-electron chi connectivity index (χ3n) is 12.1. The van der Waals surface area contributed by atoms with Crippen molar-refractivity contribution in [3.05, 3.63) is 146 Å². The monoisotopic (exact) mass is 1070 g/mol. The zero-order valence-electron chi connectivity index (χ0n) is 49.3. The number of carbonyl (C=O) groups is 3. The molecule has 0 amide bonds. The zero-order chi connectivity index (χ0) is 56.2. The van der Waals surface area contributed by atoms with E-state index in [0.29, 0.717) is 23.9 Å². The molecule has 0 aliphatic carbocycles. The minimum absolute atomic E-state index is 0.173. The number of ether oxygens (including phenoxy) is 4. The maximum Gasteiger partial charge on any atom is 0.361 e. The molecule has 0 aromatic heterocycles. The lowest BCUT2D eigenvalue weighted by Gasteiger charge is -2.25. The second kappa shape index (κ2) is 57.3. The van der Waals surface area contributed by atoms with E-state index < -0.39 is 30.3 Å². The molecule has 0 heterocycles. The first-order chi connectivity index (χ1) is 37.6. The lowest BCUT2D eigenvalue weighted by Crippen LogP contribution is -2.40. The van der Waals surface area contributed by atoms with E-state index in [4.69, 9.17) is 18.9 Å². The van der Waals surface area contributed by atoms with Crippen molar-refractivity contribution in [2.45, 2.75) is 219 Å². The molecule has 2 atom stereocenters. The highest BCUT2D eigenvalue weighted by Gasteiger charge is 2.25. The second-order valence-electron chi connectivity index (χ2n) is 20.5. The van der Waals surface area contributed by atoms with Gasteiger partial charge in [-0.2, -0.15) is 0 Å². The Bertz CT molecular complexity index is 1770. The second-order valence-corrected chi connectivity index (χ2v) is 20.5. The standard InChI is InChI=1S/C68H109NO8/c1-6-8-10-12-14-16-18-20-22-23-24-25-26-27-28-29-30-31-32-33-34-35-36-37-38-39-40-41-42-43-45-47-49-51-53-55-57-59-66(71)77-64(63-76-68(67(72)73)74-61-60-69(3,4)5)62-75-65(70)58-56-54-52-50-48-46-44-21-19-17-15-13-11-9-7-2/h8-11,14-17,20-22,24-25,27-28,30-31,33-34,36-37,44,48,50,64,68H,6-7,12-13,18-19,23,26,29,32,35,38-43,45-47,49,51-63H2,1-5H3/p+1/b10-8-,11-9-,16-14-,17-15-,22-20-,25-24-,28-27-,31-30-,34-33-,37-36-,44-21-,50-48-. The van der Waals surface area contributed by atoms with Gasteiger partial charge in [0.1, 0.15) is 13.2 Å². The molecule has 0 bridgehead atoms. The molecular formula is C68H110NO8+. The van der Waals surface area contributed by atoms with E-state index in [1.165, 1.54) is 57.8 Å². The van der Waals surface area contributed by atoms with Gasteiger partial charge in [0.2, 0.25) is 0 Å². The Kier molecular flexibility index (Phi) is 53.8. The average molecular weight is 1070 g/mol. The van der Waals surface area contributed by atoms with Crippen LogP contribution >= 0.6 is 0 Å². The molecule has 0 saturated carbocycles. The predicted molar refractivity (Wildman–Crippen MR) is 327 cm³/mol. The van der Waals surface area contributed by atoms with Gasteiger partial charge in [-0.05, 0) is 116 Å². The molecule has 0 aliphatic rings. The Labute approximate surface area is 471 Å². The number of allylic oxidation sites excluding steroid dienone is 24. The number of carboxylic acids is 1. The molecule has 9 heteroatoms. The van der Waals surface area contributed by atoms with Crippen LogP contribution < -0.4 is 0 Å². The maximum absolute atomic E-state index is 12.9. The summed E-state index contributed by atoms with van der Waals surface area (Å²) in [7, 11) is 5.94. The molecule has 0 radical (unpaired) electrons. The Morgan fingerprint density at radius 2 is 0.701 bits per heavy atom. The summed E-state index contributed by atoms with van der Waals surface area (Å²) in [4.78, 5) is 37.4. The number of unbranched alkanes of at least 4 members (excludes halogenated alkanes) is 14. The molecule has 0 aliphatic heterocycles. The maximum atomic E-state index is 12.9. The van der Waals surface area contributed by atoms with Crippen LogP contribution in [0, 0.1) is 0 Å². The number of nitrogens with zero attached hydrogens (tertiary/aromatic N) is 1. The van der Waals surface area contributed by atoms with E-state index in [2.05, 4.69) is 160 Å². The average Bonchev–Trinajstić information content (AvgIpc) is 3.40. The van der Waals surface area contributed by atoms with Crippen molar-refractivity contribution in [3.8, 4) is 0 Å². The quantitative estimate of drug-likeness (QED) is 0.0211. The fourth-order valence-electron chi connectivity index (χ4n) is 7.55. The molecular weight excluding hydrogens is 959 g/mol. The molecule has 0 rings (SSSR count). The topological polar surface area (TPSA) is 108 Å². The summed E-state index contributed by atoms with van der Waals surface area (Å²) in [6, 6.07) is 0.